The average molecular weight is 98.1 g/mol. The molecule has 0 radical (unpaired) electrons. The standard InChI is InChI=1S/C3H6F2O/c4-3(5)1-2-6/h3,6H,1-2H2/i2D2. The molecule has 38 valence electrons. The van der Waals surface area contributed by atoms with Crippen molar-refractivity contribution in [3.63, 3.8) is 0 Å². The highest BCUT2D eigenvalue weighted by Gasteiger charge is 1.96. The fraction of sp³-hybridized carbons (Fsp3) is 1.00. The van der Waals surface area contributed by atoms with Gasteiger partial charge in [-0.05, 0) is 0 Å². The summed E-state index contributed by atoms with van der Waals surface area (Å²) in [4.78, 5) is 0. The highest BCUT2D eigenvalue weighted by Crippen LogP contribution is 1.94. The van der Waals surface area contributed by atoms with Gasteiger partial charge in [0, 0.05) is 13.0 Å². The van der Waals surface area contributed by atoms with E-state index in [4.69, 9.17) is 7.85 Å². The van der Waals surface area contributed by atoms with Crippen molar-refractivity contribution in [1.29, 1.82) is 0 Å². The van der Waals surface area contributed by atoms with Crippen LogP contribution in [0.1, 0.15) is 9.16 Å². The summed E-state index contributed by atoms with van der Waals surface area (Å²) in [6.45, 7) is -2.73. The first-order chi connectivity index (χ1) is 3.42. The molecule has 0 aromatic rings. The second kappa shape index (κ2) is 3.03. The molecule has 0 heterocycles. The topological polar surface area (TPSA) is 20.2 Å². The van der Waals surface area contributed by atoms with Gasteiger partial charge in [-0.15, -0.1) is 0 Å². The lowest BCUT2D eigenvalue weighted by molar-refractivity contribution is 0.108. The van der Waals surface area contributed by atoms with Crippen molar-refractivity contribution in [2.75, 3.05) is 6.56 Å². The zero-order valence-corrected chi connectivity index (χ0v) is 2.99. The van der Waals surface area contributed by atoms with Crippen molar-refractivity contribution in [2.24, 2.45) is 0 Å². The third-order valence-electron chi connectivity index (χ3n) is 0.246. The van der Waals surface area contributed by atoms with Crippen molar-refractivity contribution in [2.45, 2.75) is 12.8 Å². The minimum atomic E-state index is -2.78. The van der Waals surface area contributed by atoms with Crippen LogP contribution in [0.5, 0.6) is 0 Å². The Morgan fingerprint density at radius 3 is 2.33 bits per heavy atom. The number of aliphatic hydroxyl groups is 1. The molecule has 0 atom stereocenters. The summed E-state index contributed by atoms with van der Waals surface area (Å²) in [5.41, 5.74) is 0. The Morgan fingerprint density at radius 1 is 1.83 bits per heavy atom. The minimum absolute atomic E-state index is 1.12. The lowest BCUT2D eigenvalue weighted by Gasteiger charge is -1.87. The molecule has 0 spiro atoms. The maximum Gasteiger partial charge on any atom is 0.240 e. The molecule has 0 aliphatic carbocycles. The molecular weight excluding hydrogens is 90.0 g/mol. The van der Waals surface area contributed by atoms with E-state index < -0.39 is 19.4 Å². The van der Waals surface area contributed by atoms with E-state index in [1.807, 2.05) is 0 Å². The Hall–Kier alpha value is -0.180. The quantitative estimate of drug-likeness (QED) is 0.537. The number of alkyl halides is 2. The van der Waals surface area contributed by atoms with Crippen LogP contribution in [0.2, 0.25) is 0 Å². The molecule has 0 aromatic carbocycles. The normalized spacial score (nSPS) is 17.3. The van der Waals surface area contributed by atoms with Gasteiger partial charge in [0.05, 0.1) is 2.74 Å². The molecular formula is C3H6F2O. The van der Waals surface area contributed by atoms with Crippen LogP contribution in [-0.2, 0) is 0 Å². The van der Waals surface area contributed by atoms with Gasteiger partial charge in [0.25, 0.3) is 0 Å². The molecule has 0 amide bonds. The molecule has 1 N–H and O–H groups in total. The summed E-state index contributed by atoms with van der Waals surface area (Å²) in [7, 11) is 0. The lowest BCUT2D eigenvalue weighted by atomic mass is 10.5. The average Bonchev–Trinajstić information content (AvgIpc) is 1.21. The van der Waals surface area contributed by atoms with Crippen LogP contribution < -0.4 is 0 Å². The van der Waals surface area contributed by atoms with Crippen molar-refractivity contribution < 1.29 is 16.6 Å². The van der Waals surface area contributed by atoms with E-state index in [1.54, 1.807) is 0 Å². The zero-order chi connectivity index (χ0) is 6.78. The Morgan fingerprint density at radius 2 is 2.33 bits per heavy atom. The van der Waals surface area contributed by atoms with Gasteiger partial charge in [-0.2, -0.15) is 0 Å². The van der Waals surface area contributed by atoms with Gasteiger partial charge in [-0.25, -0.2) is 8.78 Å². The summed E-state index contributed by atoms with van der Waals surface area (Å²) >= 11 is 0. The first-order valence-electron chi connectivity index (χ1n) is 2.42. The fourth-order valence-corrected chi connectivity index (χ4v) is 0.0690. The highest BCUT2D eigenvalue weighted by molar-refractivity contribution is 4.32. The molecule has 0 rings (SSSR count). The van der Waals surface area contributed by atoms with Crippen LogP contribution in [0.15, 0.2) is 0 Å². The van der Waals surface area contributed by atoms with E-state index in [0.29, 0.717) is 0 Å². The van der Waals surface area contributed by atoms with Gasteiger partial charge in [-0.1, -0.05) is 0 Å². The van der Waals surface area contributed by atoms with E-state index in [9.17, 15) is 8.78 Å². The molecule has 6 heavy (non-hydrogen) atoms. The number of hydrogen-bond donors (Lipinski definition) is 1. The Labute approximate surface area is 37.4 Å². The van der Waals surface area contributed by atoms with Crippen LogP contribution >= 0.6 is 0 Å². The fourth-order valence-electron chi connectivity index (χ4n) is 0.0690. The molecule has 0 saturated heterocycles. The van der Waals surface area contributed by atoms with E-state index in [-0.39, 0.29) is 0 Å². The first-order valence-corrected chi connectivity index (χ1v) is 1.42. The first kappa shape index (κ1) is 2.91. The van der Waals surface area contributed by atoms with Gasteiger partial charge >= 0.3 is 0 Å². The van der Waals surface area contributed by atoms with Crippen LogP contribution in [0.25, 0.3) is 0 Å². The highest BCUT2D eigenvalue weighted by atomic mass is 19.3. The molecule has 0 bridgehead atoms. The predicted octanol–water partition coefficient (Wildman–Crippen LogP) is 0.634. The summed E-state index contributed by atoms with van der Waals surface area (Å²) < 4.78 is 34.7. The maximum absolute atomic E-state index is 11.1. The second-order valence-electron chi connectivity index (χ2n) is 0.753. The molecule has 0 aliphatic heterocycles. The third kappa shape index (κ3) is 3.82. The Balaban J connectivity index is 3.39. The van der Waals surface area contributed by atoms with Gasteiger partial charge in [-0.3, -0.25) is 0 Å². The van der Waals surface area contributed by atoms with Crippen LogP contribution in [0, 0.1) is 0 Å². The summed E-state index contributed by atoms with van der Waals surface area (Å²) in [6, 6.07) is 0. The van der Waals surface area contributed by atoms with E-state index in [0.717, 1.165) is 0 Å². The summed E-state index contributed by atoms with van der Waals surface area (Å²) in [6.07, 6.45) is -3.90. The van der Waals surface area contributed by atoms with Crippen molar-refractivity contribution in [3.8, 4) is 0 Å². The minimum Gasteiger partial charge on any atom is -0.396 e. The molecule has 0 fully saturated rings. The van der Waals surface area contributed by atoms with Crippen LogP contribution in [0.4, 0.5) is 8.78 Å². The number of hydrogen-bond acceptors (Lipinski definition) is 1. The largest absolute Gasteiger partial charge is 0.396 e. The predicted molar refractivity (Wildman–Crippen MR) is 17.7 cm³/mol. The lowest BCUT2D eigenvalue weighted by Crippen LogP contribution is -1.92. The Bertz CT molecular complexity index is 70.2. The van der Waals surface area contributed by atoms with E-state index in [1.165, 1.54) is 0 Å². The summed E-state index contributed by atoms with van der Waals surface area (Å²) in [5, 5.41) is 8.04. The monoisotopic (exact) mass is 98.1 g/mol. The van der Waals surface area contributed by atoms with Gasteiger partial charge < -0.3 is 5.11 Å². The zero-order valence-electron chi connectivity index (χ0n) is 4.99. The van der Waals surface area contributed by atoms with Gasteiger partial charge in [0.2, 0.25) is 6.43 Å². The van der Waals surface area contributed by atoms with Crippen molar-refractivity contribution >= 4 is 0 Å². The van der Waals surface area contributed by atoms with Gasteiger partial charge in [0.1, 0.15) is 0 Å². The van der Waals surface area contributed by atoms with E-state index >= 15 is 0 Å². The van der Waals surface area contributed by atoms with E-state index in [2.05, 4.69) is 0 Å². The summed E-state index contributed by atoms with van der Waals surface area (Å²) in [5.74, 6) is 0. The molecule has 0 saturated carbocycles. The second-order valence-corrected chi connectivity index (χ2v) is 0.753. The smallest absolute Gasteiger partial charge is 0.240 e. The molecule has 0 aromatic heterocycles. The van der Waals surface area contributed by atoms with Gasteiger partial charge in [0.15, 0.2) is 0 Å². The van der Waals surface area contributed by atoms with Crippen LogP contribution in [-0.4, -0.2) is 18.1 Å². The third-order valence-corrected chi connectivity index (χ3v) is 0.246. The Kier molecular flexibility index (Phi) is 1.47. The van der Waals surface area contributed by atoms with Crippen molar-refractivity contribution in [3.05, 3.63) is 0 Å². The SMILES string of the molecule is [2H]C([2H])(O)CC(F)F. The molecule has 3 heteroatoms. The molecule has 0 aliphatic rings. The maximum atomic E-state index is 11.1. The molecule has 1 nitrogen and oxygen atoms in total. The number of rotatable bonds is 2. The molecule has 0 unspecified atom stereocenters. The number of halogens is 2. The van der Waals surface area contributed by atoms with Crippen LogP contribution in [0.3, 0.4) is 0 Å². The van der Waals surface area contributed by atoms with Crippen molar-refractivity contribution in [1.82, 2.24) is 0 Å².